The Morgan fingerprint density at radius 1 is 1.04 bits per heavy atom. The molecule has 0 fully saturated rings. The standard InChI is InChI=1S/C19H19ClN4O/c1-3-25-16-8-6-15(7-9-16)22-18-10-11-21-19(24-18)23-17-12-14(20)5-4-13(17)2/h4-12H,3H2,1-2H3,(H2,21,22,23,24). The lowest BCUT2D eigenvalue weighted by Crippen LogP contribution is -2.01. The zero-order chi connectivity index (χ0) is 17.6. The van der Waals surface area contributed by atoms with E-state index in [1.165, 1.54) is 0 Å². The van der Waals surface area contributed by atoms with E-state index >= 15 is 0 Å². The quantitative estimate of drug-likeness (QED) is 0.627. The lowest BCUT2D eigenvalue weighted by Gasteiger charge is -2.11. The molecule has 1 aromatic heterocycles. The molecule has 0 aliphatic heterocycles. The number of anilines is 4. The first-order chi connectivity index (χ1) is 12.1. The van der Waals surface area contributed by atoms with E-state index < -0.39 is 0 Å². The monoisotopic (exact) mass is 354 g/mol. The molecule has 2 aromatic carbocycles. The highest BCUT2D eigenvalue weighted by atomic mass is 35.5. The maximum Gasteiger partial charge on any atom is 0.229 e. The summed E-state index contributed by atoms with van der Waals surface area (Å²) in [6.45, 7) is 4.61. The van der Waals surface area contributed by atoms with Crippen molar-refractivity contribution in [2.75, 3.05) is 17.2 Å². The second kappa shape index (κ2) is 7.85. The maximum atomic E-state index is 6.05. The van der Waals surface area contributed by atoms with Crippen LogP contribution in [0.15, 0.2) is 54.7 Å². The van der Waals surface area contributed by atoms with Gasteiger partial charge in [-0.3, -0.25) is 0 Å². The summed E-state index contributed by atoms with van der Waals surface area (Å²) >= 11 is 6.05. The first-order valence-corrected chi connectivity index (χ1v) is 8.38. The number of hydrogen-bond acceptors (Lipinski definition) is 5. The van der Waals surface area contributed by atoms with Crippen LogP contribution in [0.25, 0.3) is 0 Å². The van der Waals surface area contributed by atoms with E-state index in [4.69, 9.17) is 16.3 Å². The first kappa shape index (κ1) is 17.0. The fourth-order valence-corrected chi connectivity index (χ4v) is 2.46. The average molecular weight is 355 g/mol. The number of rotatable bonds is 6. The van der Waals surface area contributed by atoms with Crippen LogP contribution in [0.4, 0.5) is 23.1 Å². The third-order valence-electron chi connectivity index (χ3n) is 3.54. The Balaban J connectivity index is 1.74. The Morgan fingerprint density at radius 3 is 2.60 bits per heavy atom. The third kappa shape index (κ3) is 4.61. The number of nitrogens with zero attached hydrogens (tertiary/aromatic N) is 2. The van der Waals surface area contributed by atoms with Gasteiger partial charge in [-0.2, -0.15) is 4.98 Å². The van der Waals surface area contributed by atoms with Gasteiger partial charge in [0, 0.05) is 22.6 Å². The van der Waals surface area contributed by atoms with Gasteiger partial charge in [0.2, 0.25) is 5.95 Å². The van der Waals surface area contributed by atoms with Crippen LogP contribution in [0.5, 0.6) is 5.75 Å². The minimum atomic E-state index is 0.501. The molecule has 0 atom stereocenters. The van der Waals surface area contributed by atoms with Gasteiger partial charge < -0.3 is 15.4 Å². The predicted molar refractivity (Wildman–Crippen MR) is 102 cm³/mol. The fourth-order valence-electron chi connectivity index (χ4n) is 2.29. The summed E-state index contributed by atoms with van der Waals surface area (Å²) in [5, 5.41) is 7.11. The summed E-state index contributed by atoms with van der Waals surface area (Å²) in [4.78, 5) is 8.75. The third-order valence-corrected chi connectivity index (χ3v) is 3.77. The van der Waals surface area contributed by atoms with Gasteiger partial charge in [-0.15, -0.1) is 0 Å². The zero-order valence-electron chi connectivity index (χ0n) is 14.1. The first-order valence-electron chi connectivity index (χ1n) is 8.00. The van der Waals surface area contributed by atoms with E-state index in [2.05, 4.69) is 20.6 Å². The summed E-state index contributed by atoms with van der Waals surface area (Å²) in [6.07, 6.45) is 1.70. The number of halogens is 1. The number of benzene rings is 2. The summed E-state index contributed by atoms with van der Waals surface area (Å²) < 4.78 is 5.44. The molecule has 0 aliphatic rings. The van der Waals surface area contributed by atoms with Crippen molar-refractivity contribution in [3.8, 4) is 5.75 Å². The molecule has 0 bridgehead atoms. The Bertz CT molecular complexity index is 852. The maximum absolute atomic E-state index is 6.05. The molecule has 0 saturated heterocycles. The number of nitrogens with one attached hydrogen (secondary N) is 2. The molecule has 3 aromatic rings. The topological polar surface area (TPSA) is 59.1 Å². The summed E-state index contributed by atoms with van der Waals surface area (Å²) in [5.41, 5.74) is 2.87. The van der Waals surface area contributed by atoms with Crippen molar-refractivity contribution in [2.45, 2.75) is 13.8 Å². The average Bonchev–Trinajstić information content (AvgIpc) is 2.60. The van der Waals surface area contributed by atoms with E-state index in [-0.39, 0.29) is 0 Å². The molecule has 0 radical (unpaired) electrons. The lowest BCUT2D eigenvalue weighted by atomic mass is 10.2. The summed E-state index contributed by atoms with van der Waals surface area (Å²) in [7, 11) is 0. The highest BCUT2D eigenvalue weighted by Gasteiger charge is 2.04. The van der Waals surface area contributed by atoms with Crippen LogP contribution in [0, 0.1) is 6.92 Å². The second-order valence-corrected chi connectivity index (χ2v) is 5.87. The van der Waals surface area contributed by atoms with Crippen LogP contribution in [0.2, 0.25) is 5.02 Å². The molecule has 0 unspecified atom stereocenters. The van der Waals surface area contributed by atoms with Gasteiger partial charge in [-0.25, -0.2) is 4.98 Å². The SMILES string of the molecule is CCOc1ccc(Nc2ccnc(Nc3cc(Cl)ccc3C)n2)cc1. The Kier molecular flexibility index (Phi) is 5.36. The molecule has 1 heterocycles. The van der Waals surface area contributed by atoms with Crippen molar-refractivity contribution in [2.24, 2.45) is 0 Å². The highest BCUT2D eigenvalue weighted by Crippen LogP contribution is 2.24. The van der Waals surface area contributed by atoms with Crippen molar-refractivity contribution in [1.29, 1.82) is 0 Å². The molecule has 0 aliphatic carbocycles. The molecular weight excluding hydrogens is 336 g/mol. The Labute approximate surface area is 152 Å². The molecular formula is C19H19ClN4O. The predicted octanol–water partition coefficient (Wildman–Crippen LogP) is 5.32. The normalized spacial score (nSPS) is 10.4. The molecule has 25 heavy (non-hydrogen) atoms. The van der Waals surface area contributed by atoms with Gasteiger partial charge in [0.05, 0.1) is 6.61 Å². The second-order valence-electron chi connectivity index (χ2n) is 5.43. The lowest BCUT2D eigenvalue weighted by molar-refractivity contribution is 0.340. The highest BCUT2D eigenvalue weighted by molar-refractivity contribution is 6.30. The van der Waals surface area contributed by atoms with Crippen molar-refractivity contribution in [3.63, 3.8) is 0 Å². The van der Waals surface area contributed by atoms with Crippen LogP contribution < -0.4 is 15.4 Å². The number of aryl methyl sites for hydroxylation is 1. The van der Waals surface area contributed by atoms with Crippen molar-refractivity contribution < 1.29 is 4.74 Å². The van der Waals surface area contributed by atoms with E-state index in [9.17, 15) is 0 Å². The zero-order valence-corrected chi connectivity index (χ0v) is 14.8. The van der Waals surface area contributed by atoms with Gasteiger partial charge in [-0.1, -0.05) is 17.7 Å². The molecule has 6 heteroatoms. The minimum Gasteiger partial charge on any atom is -0.494 e. The van der Waals surface area contributed by atoms with Gasteiger partial charge in [-0.05, 0) is 61.9 Å². The van der Waals surface area contributed by atoms with Crippen LogP contribution >= 0.6 is 11.6 Å². The van der Waals surface area contributed by atoms with E-state index in [0.717, 1.165) is 22.7 Å². The van der Waals surface area contributed by atoms with E-state index in [0.29, 0.717) is 23.4 Å². The number of aromatic nitrogens is 2. The van der Waals surface area contributed by atoms with Crippen LogP contribution in [-0.2, 0) is 0 Å². The number of ether oxygens (including phenoxy) is 1. The fraction of sp³-hybridized carbons (Fsp3) is 0.158. The largest absolute Gasteiger partial charge is 0.494 e. The van der Waals surface area contributed by atoms with Crippen molar-refractivity contribution in [1.82, 2.24) is 9.97 Å². The molecule has 3 rings (SSSR count). The summed E-state index contributed by atoms with van der Waals surface area (Å²) in [5.74, 6) is 2.04. The smallest absolute Gasteiger partial charge is 0.229 e. The molecule has 0 amide bonds. The van der Waals surface area contributed by atoms with Gasteiger partial charge in [0.15, 0.2) is 0 Å². The van der Waals surface area contributed by atoms with Crippen LogP contribution in [0.1, 0.15) is 12.5 Å². The number of hydrogen-bond donors (Lipinski definition) is 2. The van der Waals surface area contributed by atoms with Crippen LogP contribution in [0.3, 0.4) is 0 Å². The van der Waals surface area contributed by atoms with E-state index in [1.807, 2.05) is 62.4 Å². The molecule has 0 saturated carbocycles. The van der Waals surface area contributed by atoms with Crippen molar-refractivity contribution in [3.05, 3.63) is 65.3 Å². The molecule has 0 spiro atoms. The van der Waals surface area contributed by atoms with Gasteiger partial charge in [0.1, 0.15) is 11.6 Å². The van der Waals surface area contributed by atoms with E-state index in [1.54, 1.807) is 6.20 Å². The van der Waals surface area contributed by atoms with Gasteiger partial charge >= 0.3 is 0 Å². The molecule has 5 nitrogen and oxygen atoms in total. The van der Waals surface area contributed by atoms with Crippen LogP contribution in [-0.4, -0.2) is 16.6 Å². The summed E-state index contributed by atoms with van der Waals surface area (Å²) in [6, 6.07) is 15.2. The minimum absolute atomic E-state index is 0.501. The Morgan fingerprint density at radius 2 is 1.84 bits per heavy atom. The molecule has 128 valence electrons. The molecule has 2 N–H and O–H groups in total. The van der Waals surface area contributed by atoms with Crippen molar-refractivity contribution >= 4 is 34.7 Å². The Hall–Kier alpha value is -2.79. The van der Waals surface area contributed by atoms with Gasteiger partial charge in [0.25, 0.3) is 0 Å².